The van der Waals surface area contributed by atoms with Crippen molar-refractivity contribution in [2.24, 2.45) is 0 Å². The molecule has 3 heterocycles. The van der Waals surface area contributed by atoms with Crippen LogP contribution in [-0.2, 0) is 0 Å². The SMILES string of the molecule is O=C(O)c1occ2c1NCC(CN1CCCC1)O2. The fourth-order valence-electron chi connectivity index (χ4n) is 2.55. The molecule has 0 radical (unpaired) electrons. The Hall–Kier alpha value is -1.69. The number of carboxylic acids is 1. The molecule has 1 unspecified atom stereocenters. The van der Waals surface area contributed by atoms with E-state index in [1.807, 2.05) is 0 Å². The van der Waals surface area contributed by atoms with Gasteiger partial charge in [0, 0.05) is 6.54 Å². The van der Waals surface area contributed by atoms with Crippen LogP contribution in [0.5, 0.6) is 5.75 Å². The van der Waals surface area contributed by atoms with Crippen molar-refractivity contribution in [1.82, 2.24) is 4.90 Å². The van der Waals surface area contributed by atoms with Crippen molar-refractivity contribution in [3.8, 4) is 5.75 Å². The molecule has 2 N–H and O–H groups in total. The van der Waals surface area contributed by atoms with Crippen LogP contribution in [0.4, 0.5) is 5.69 Å². The largest absolute Gasteiger partial charge is 0.482 e. The number of carbonyl (C=O) groups is 1. The smallest absolute Gasteiger partial charge is 0.374 e. The second kappa shape index (κ2) is 4.53. The van der Waals surface area contributed by atoms with E-state index in [4.69, 9.17) is 14.3 Å². The van der Waals surface area contributed by atoms with E-state index in [1.165, 1.54) is 19.1 Å². The topological polar surface area (TPSA) is 74.9 Å². The molecule has 98 valence electrons. The number of fused-ring (bicyclic) bond motifs is 1. The van der Waals surface area contributed by atoms with Gasteiger partial charge in [0.15, 0.2) is 5.75 Å². The van der Waals surface area contributed by atoms with Gasteiger partial charge in [0.2, 0.25) is 5.76 Å². The predicted octanol–water partition coefficient (Wildman–Crippen LogP) is 1.25. The molecule has 2 aliphatic rings. The van der Waals surface area contributed by atoms with Gasteiger partial charge in [-0.05, 0) is 25.9 Å². The molecule has 6 heteroatoms. The number of hydrogen-bond acceptors (Lipinski definition) is 5. The Balaban J connectivity index is 1.67. The van der Waals surface area contributed by atoms with Gasteiger partial charge in [0.05, 0.1) is 6.54 Å². The second-order valence-corrected chi connectivity index (χ2v) is 4.74. The lowest BCUT2D eigenvalue weighted by Crippen LogP contribution is -2.40. The van der Waals surface area contributed by atoms with E-state index in [1.54, 1.807) is 0 Å². The molecule has 1 saturated heterocycles. The van der Waals surface area contributed by atoms with E-state index in [2.05, 4.69) is 10.2 Å². The van der Waals surface area contributed by atoms with Crippen LogP contribution in [0.15, 0.2) is 10.7 Å². The van der Waals surface area contributed by atoms with Crippen LogP contribution in [-0.4, -0.2) is 48.3 Å². The third-order valence-corrected chi connectivity index (χ3v) is 3.41. The standard InChI is InChI=1S/C12H16N2O4/c15-12(16)11-10-9(7-17-11)18-8(5-13-10)6-14-3-1-2-4-14/h7-8,13H,1-6H2,(H,15,16). The average Bonchev–Trinajstić information content (AvgIpc) is 2.97. The summed E-state index contributed by atoms with van der Waals surface area (Å²) in [6, 6.07) is 0. The van der Waals surface area contributed by atoms with Crippen molar-refractivity contribution in [3.05, 3.63) is 12.0 Å². The molecular formula is C12H16N2O4. The lowest BCUT2D eigenvalue weighted by molar-refractivity contribution is 0.0663. The number of nitrogens with one attached hydrogen (secondary N) is 1. The van der Waals surface area contributed by atoms with Crippen molar-refractivity contribution in [2.75, 3.05) is 31.5 Å². The normalized spacial score (nSPS) is 23.2. The van der Waals surface area contributed by atoms with Crippen molar-refractivity contribution in [2.45, 2.75) is 18.9 Å². The van der Waals surface area contributed by atoms with E-state index in [-0.39, 0.29) is 11.9 Å². The zero-order valence-electron chi connectivity index (χ0n) is 10.0. The lowest BCUT2D eigenvalue weighted by Gasteiger charge is -2.28. The average molecular weight is 252 g/mol. The van der Waals surface area contributed by atoms with Gasteiger partial charge in [-0.25, -0.2) is 4.79 Å². The van der Waals surface area contributed by atoms with Crippen LogP contribution < -0.4 is 10.1 Å². The number of likely N-dealkylation sites (tertiary alicyclic amines) is 1. The zero-order chi connectivity index (χ0) is 12.5. The summed E-state index contributed by atoms with van der Waals surface area (Å²) in [7, 11) is 0. The summed E-state index contributed by atoms with van der Waals surface area (Å²) in [5.41, 5.74) is 0.458. The Bertz CT molecular complexity index is 451. The van der Waals surface area contributed by atoms with E-state index in [0.29, 0.717) is 18.0 Å². The highest BCUT2D eigenvalue weighted by atomic mass is 16.5. The first-order chi connectivity index (χ1) is 8.74. The van der Waals surface area contributed by atoms with Gasteiger partial charge in [-0.3, -0.25) is 4.90 Å². The molecule has 1 aromatic heterocycles. The zero-order valence-corrected chi connectivity index (χ0v) is 10.0. The fourth-order valence-corrected chi connectivity index (χ4v) is 2.55. The van der Waals surface area contributed by atoms with Crippen LogP contribution in [0.1, 0.15) is 23.4 Å². The van der Waals surface area contributed by atoms with Gasteiger partial charge >= 0.3 is 5.97 Å². The number of anilines is 1. The lowest BCUT2D eigenvalue weighted by atomic mass is 10.2. The summed E-state index contributed by atoms with van der Waals surface area (Å²) in [5, 5.41) is 12.0. The monoisotopic (exact) mass is 252 g/mol. The molecule has 0 spiro atoms. The van der Waals surface area contributed by atoms with Crippen molar-refractivity contribution in [1.29, 1.82) is 0 Å². The first kappa shape index (κ1) is 11.4. The summed E-state index contributed by atoms with van der Waals surface area (Å²) in [6.07, 6.45) is 3.91. The van der Waals surface area contributed by atoms with Gasteiger partial charge in [-0.2, -0.15) is 0 Å². The minimum absolute atomic E-state index is 0.0508. The highest BCUT2D eigenvalue weighted by molar-refractivity contribution is 5.93. The quantitative estimate of drug-likeness (QED) is 0.843. The van der Waals surface area contributed by atoms with Crippen LogP contribution in [0.3, 0.4) is 0 Å². The fraction of sp³-hybridized carbons (Fsp3) is 0.583. The number of nitrogens with zero attached hydrogens (tertiary/aromatic N) is 1. The number of aromatic carboxylic acids is 1. The van der Waals surface area contributed by atoms with Gasteiger partial charge in [0.25, 0.3) is 0 Å². The minimum Gasteiger partial charge on any atom is -0.482 e. The summed E-state index contributed by atoms with van der Waals surface area (Å²) in [4.78, 5) is 13.3. The van der Waals surface area contributed by atoms with Gasteiger partial charge < -0.3 is 19.6 Å². The first-order valence-corrected chi connectivity index (χ1v) is 6.21. The predicted molar refractivity (Wildman–Crippen MR) is 64.2 cm³/mol. The van der Waals surface area contributed by atoms with Crippen molar-refractivity contribution in [3.63, 3.8) is 0 Å². The molecular weight excluding hydrogens is 236 g/mol. The Kier molecular flexibility index (Phi) is 2.87. The highest BCUT2D eigenvalue weighted by Crippen LogP contribution is 2.34. The Morgan fingerprint density at radius 1 is 1.50 bits per heavy atom. The molecule has 0 aromatic carbocycles. The van der Waals surface area contributed by atoms with Gasteiger partial charge in [-0.15, -0.1) is 0 Å². The third kappa shape index (κ3) is 2.03. The van der Waals surface area contributed by atoms with Crippen LogP contribution in [0.2, 0.25) is 0 Å². The number of ether oxygens (including phenoxy) is 1. The van der Waals surface area contributed by atoms with E-state index in [9.17, 15) is 4.79 Å². The van der Waals surface area contributed by atoms with E-state index in [0.717, 1.165) is 19.6 Å². The molecule has 3 rings (SSSR count). The molecule has 6 nitrogen and oxygen atoms in total. The minimum atomic E-state index is -1.08. The Labute approximate surface area is 105 Å². The van der Waals surface area contributed by atoms with Crippen LogP contribution in [0.25, 0.3) is 0 Å². The summed E-state index contributed by atoms with van der Waals surface area (Å²) < 4.78 is 10.8. The Morgan fingerprint density at radius 2 is 2.28 bits per heavy atom. The number of hydrogen-bond donors (Lipinski definition) is 2. The molecule has 1 atom stereocenters. The maximum absolute atomic E-state index is 10.9. The molecule has 1 aromatic rings. The van der Waals surface area contributed by atoms with Crippen molar-refractivity contribution < 1.29 is 19.1 Å². The molecule has 0 amide bonds. The summed E-state index contributed by atoms with van der Waals surface area (Å²) >= 11 is 0. The van der Waals surface area contributed by atoms with Gasteiger partial charge in [-0.1, -0.05) is 0 Å². The number of carboxylic acid groups (broad SMARTS) is 1. The maximum atomic E-state index is 10.9. The van der Waals surface area contributed by atoms with Crippen LogP contribution >= 0.6 is 0 Å². The van der Waals surface area contributed by atoms with Crippen molar-refractivity contribution >= 4 is 11.7 Å². The van der Waals surface area contributed by atoms with E-state index < -0.39 is 5.97 Å². The highest BCUT2D eigenvalue weighted by Gasteiger charge is 2.29. The maximum Gasteiger partial charge on any atom is 0.374 e. The summed E-state index contributed by atoms with van der Waals surface area (Å²) in [6.45, 7) is 3.74. The molecule has 0 saturated carbocycles. The van der Waals surface area contributed by atoms with Crippen LogP contribution in [0, 0.1) is 0 Å². The molecule has 0 aliphatic carbocycles. The van der Waals surface area contributed by atoms with E-state index >= 15 is 0 Å². The Morgan fingerprint density at radius 3 is 3.00 bits per heavy atom. The molecule has 2 aliphatic heterocycles. The number of furan rings is 1. The van der Waals surface area contributed by atoms with Gasteiger partial charge in [0.1, 0.15) is 18.1 Å². The number of rotatable bonds is 3. The third-order valence-electron chi connectivity index (χ3n) is 3.41. The molecule has 1 fully saturated rings. The summed E-state index contributed by atoms with van der Waals surface area (Å²) in [5.74, 6) is -0.655. The molecule has 0 bridgehead atoms. The molecule has 18 heavy (non-hydrogen) atoms. The first-order valence-electron chi connectivity index (χ1n) is 6.21. The second-order valence-electron chi connectivity index (χ2n) is 4.74.